The SMILES string of the molecule is CC(C)[C@H](NC(=O)OCc1ccccc1)C(=O)Oc1cccc(C(=O)OCI)c1. The van der Waals surface area contributed by atoms with Crippen LogP contribution in [0.15, 0.2) is 54.6 Å². The summed E-state index contributed by atoms with van der Waals surface area (Å²) in [5, 5.41) is 2.54. The number of alkyl halides is 1. The van der Waals surface area contributed by atoms with Gasteiger partial charge in [0.05, 0.1) is 5.56 Å². The fraction of sp³-hybridized carbons (Fsp3) is 0.286. The van der Waals surface area contributed by atoms with Crippen molar-refractivity contribution < 1.29 is 28.6 Å². The summed E-state index contributed by atoms with van der Waals surface area (Å²) >= 11 is 1.91. The van der Waals surface area contributed by atoms with Crippen molar-refractivity contribution in [3.8, 4) is 5.75 Å². The lowest BCUT2D eigenvalue weighted by atomic mass is 10.1. The van der Waals surface area contributed by atoms with Crippen LogP contribution in [0.2, 0.25) is 0 Å². The highest BCUT2D eigenvalue weighted by Gasteiger charge is 2.27. The van der Waals surface area contributed by atoms with Crippen LogP contribution in [0.3, 0.4) is 0 Å². The van der Waals surface area contributed by atoms with Crippen molar-refractivity contribution in [3.05, 3.63) is 65.7 Å². The molecule has 0 fully saturated rings. The lowest BCUT2D eigenvalue weighted by Gasteiger charge is -2.20. The van der Waals surface area contributed by atoms with Gasteiger partial charge in [0.2, 0.25) is 0 Å². The Hall–Kier alpha value is -2.62. The third-order valence-electron chi connectivity index (χ3n) is 3.88. The number of rotatable bonds is 8. The molecule has 0 bridgehead atoms. The topological polar surface area (TPSA) is 90.9 Å². The van der Waals surface area contributed by atoms with Crippen molar-refractivity contribution in [2.45, 2.75) is 26.5 Å². The molecule has 2 rings (SSSR count). The average Bonchev–Trinajstić information content (AvgIpc) is 2.71. The van der Waals surface area contributed by atoms with E-state index in [2.05, 4.69) is 5.32 Å². The number of benzene rings is 2. The zero-order chi connectivity index (χ0) is 21.2. The standard InChI is InChI=1S/C21H22INO6/c1-14(2)18(23-21(26)27-12-15-7-4-3-5-8-15)20(25)29-17-10-6-9-16(11-17)19(24)28-13-22/h3-11,14,18H,12-13H2,1-2H3,(H,23,26)/t18-/m0/s1. The molecule has 0 aliphatic rings. The Labute approximate surface area is 182 Å². The summed E-state index contributed by atoms with van der Waals surface area (Å²) < 4.78 is 15.7. The molecule has 0 spiro atoms. The number of amides is 1. The molecule has 8 heteroatoms. The highest BCUT2D eigenvalue weighted by Crippen LogP contribution is 2.16. The summed E-state index contributed by atoms with van der Waals surface area (Å²) in [6, 6.07) is 14.4. The van der Waals surface area contributed by atoms with Crippen LogP contribution in [0, 0.1) is 5.92 Å². The smallest absolute Gasteiger partial charge is 0.408 e. The zero-order valence-corrected chi connectivity index (χ0v) is 18.3. The molecule has 1 atom stereocenters. The van der Waals surface area contributed by atoms with Gasteiger partial charge in [-0.25, -0.2) is 14.4 Å². The summed E-state index contributed by atoms with van der Waals surface area (Å²) in [6.07, 6.45) is -0.719. The number of carbonyl (C=O) groups excluding carboxylic acids is 3. The van der Waals surface area contributed by atoms with Gasteiger partial charge >= 0.3 is 18.0 Å². The van der Waals surface area contributed by atoms with E-state index in [9.17, 15) is 14.4 Å². The molecule has 154 valence electrons. The van der Waals surface area contributed by atoms with Gasteiger partial charge < -0.3 is 19.5 Å². The Kier molecular flexibility index (Phi) is 8.91. The van der Waals surface area contributed by atoms with Crippen molar-refractivity contribution in [1.82, 2.24) is 5.32 Å². The Balaban J connectivity index is 1.97. The number of hydrogen-bond acceptors (Lipinski definition) is 6. The second-order valence-electron chi connectivity index (χ2n) is 6.42. The van der Waals surface area contributed by atoms with Crippen LogP contribution in [0.25, 0.3) is 0 Å². The van der Waals surface area contributed by atoms with E-state index < -0.39 is 24.1 Å². The molecule has 0 aliphatic heterocycles. The molecule has 7 nitrogen and oxygen atoms in total. The number of nitrogens with one attached hydrogen (secondary N) is 1. The highest BCUT2D eigenvalue weighted by atomic mass is 127. The number of halogens is 1. The molecule has 0 aliphatic carbocycles. The quantitative estimate of drug-likeness (QED) is 0.249. The first-order chi connectivity index (χ1) is 13.9. The van der Waals surface area contributed by atoms with E-state index in [1.54, 1.807) is 32.0 Å². The minimum atomic E-state index is -0.914. The second-order valence-corrected chi connectivity index (χ2v) is 7.04. The minimum absolute atomic E-state index is 0.0908. The Morgan fingerprint density at radius 1 is 1.00 bits per heavy atom. The third-order valence-corrected chi connectivity index (χ3v) is 4.19. The van der Waals surface area contributed by atoms with E-state index >= 15 is 0 Å². The van der Waals surface area contributed by atoms with E-state index in [0.717, 1.165) is 5.56 Å². The molecule has 0 heterocycles. The molecule has 0 saturated heterocycles. The first kappa shape index (κ1) is 22.7. The Morgan fingerprint density at radius 3 is 2.38 bits per heavy atom. The van der Waals surface area contributed by atoms with Gasteiger partial charge in [-0.05, 0) is 52.3 Å². The molecule has 2 aromatic rings. The maximum absolute atomic E-state index is 12.6. The van der Waals surface area contributed by atoms with Crippen molar-refractivity contribution in [1.29, 1.82) is 0 Å². The van der Waals surface area contributed by atoms with Gasteiger partial charge in [0.15, 0.2) is 0 Å². The third kappa shape index (κ3) is 7.37. The number of ether oxygens (including phenoxy) is 3. The monoisotopic (exact) mass is 511 g/mol. The first-order valence-corrected chi connectivity index (χ1v) is 10.5. The number of hydrogen-bond donors (Lipinski definition) is 1. The van der Waals surface area contributed by atoms with Crippen molar-refractivity contribution >= 4 is 40.6 Å². The molecule has 29 heavy (non-hydrogen) atoms. The molecule has 0 radical (unpaired) electrons. The summed E-state index contributed by atoms with van der Waals surface area (Å²) in [5.74, 6) is -1.22. The van der Waals surface area contributed by atoms with Gasteiger partial charge in [0.25, 0.3) is 0 Å². The van der Waals surface area contributed by atoms with Gasteiger partial charge in [-0.15, -0.1) is 0 Å². The summed E-state index contributed by atoms with van der Waals surface area (Å²) in [4.78, 5) is 36.5. The van der Waals surface area contributed by atoms with E-state index in [0.29, 0.717) is 0 Å². The lowest BCUT2D eigenvalue weighted by molar-refractivity contribution is -0.137. The molecular formula is C21H22INO6. The second kappa shape index (κ2) is 11.4. The van der Waals surface area contributed by atoms with Gasteiger partial charge in [-0.3, -0.25) is 0 Å². The maximum atomic E-state index is 12.6. The minimum Gasteiger partial charge on any atom is -0.451 e. The number of alkyl carbamates (subject to hydrolysis) is 1. The fourth-order valence-electron chi connectivity index (χ4n) is 2.39. The van der Waals surface area contributed by atoms with Crippen LogP contribution in [0.4, 0.5) is 4.79 Å². The molecular weight excluding hydrogens is 489 g/mol. The predicted octanol–water partition coefficient (Wildman–Crippen LogP) is 4.09. The number of esters is 2. The van der Waals surface area contributed by atoms with E-state index in [4.69, 9.17) is 14.2 Å². The van der Waals surface area contributed by atoms with Gasteiger partial charge in [-0.2, -0.15) is 0 Å². The normalized spacial score (nSPS) is 11.4. The molecule has 2 aromatic carbocycles. The van der Waals surface area contributed by atoms with Gasteiger partial charge in [0, 0.05) is 0 Å². The molecule has 1 amide bonds. The van der Waals surface area contributed by atoms with Crippen molar-refractivity contribution in [2.24, 2.45) is 5.92 Å². The molecule has 0 saturated carbocycles. The van der Waals surface area contributed by atoms with Crippen LogP contribution in [-0.4, -0.2) is 28.7 Å². The van der Waals surface area contributed by atoms with E-state index in [1.807, 2.05) is 52.9 Å². The van der Waals surface area contributed by atoms with Crippen LogP contribution in [0.5, 0.6) is 5.75 Å². The van der Waals surface area contributed by atoms with Crippen LogP contribution in [-0.2, 0) is 20.9 Å². The summed E-state index contributed by atoms with van der Waals surface area (Å²) in [7, 11) is 0. The largest absolute Gasteiger partial charge is 0.451 e. The fourth-order valence-corrected chi connectivity index (χ4v) is 2.67. The maximum Gasteiger partial charge on any atom is 0.408 e. The Bertz CT molecular complexity index is 840. The first-order valence-electron chi connectivity index (χ1n) is 8.92. The molecule has 0 unspecified atom stereocenters. The highest BCUT2D eigenvalue weighted by molar-refractivity contribution is 14.1. The molecule has 0 aromatic heterocycles. The molecule has 1 N–H and O–H groups in total. The van der Waals surface area contributed by atoms with Crippen molar-refractivity contribution in [3.63, 3.8) is 0 Å². The summed E-state index contributed by atoms with van der Waals surface area (Å²) in [6.45, 7) is 3.64. The van der Waals surface area contributed by atoms with E-state index in [-0.39, 0.29) is 28.5 Å². The van der Waals surface area contributed by atoms with Gasteiger partial charge in [-0.1, -0.05) is 50.2 Å². The van der Waals surface area contributed by atoms with Crippen LogP contribution >= 0.6 is 22.6 Å². The number of carbonyl (C=O) groups is 3. The predicted molar refractivity (Wildman–Crippen MR) is 115 cm³/mol. The van der Waals surface area contributed by atoms with Crippen LogP contribution < -0.4 is 10.1 Å². The summed E-state index contributed by atoms with van der Waals surface area (Å²) in [5.41, 5.74) is 1.10. The van der Waals surface area contributed by atoms with E-state index in [1.165, 1.54) is 6.07 Å². The average molecular weight is 511 g/mol. The van der Waals surface area contributed by atoms with Crippen LogP contribution in [0.1, 0.15) is 29.8 Å². The zero-order valence-electron chi connectivity index (χ0n) is 16.1. The Morgan fingerprint density at radius 2 is 1.72 bits per heavy atom. The van der Waals surface area contributed by atoms with Crippen molar-refractivity contribution in [2.75, 3.05) is 4.61 Å². The van der Waals surface area contributed by atoms with Gasteiger partial charge in [0.1, 0.15) is 23.0 Å². The lowest BCUT2D eigenvalue weighted by Crippen LogP contribution is -2.46.